The fourth-order valence-electron chi connectivity index (χ4n) is 3.99. The summed E-state index contributed by atoms with van der Waals surface area (Å²) in [7, 11) is 0. The lowest BCUT2D eigenvalue weighted by atomic mass is 9.82. The Morgan fingerprint density at radius 3 is 2.40 bits per heavy atom. The van der Waals surface area contributed by atoms with Crippen molar-refractivity contribution in [3.05, 3.63) is 71.3 Å². The zero-order chi connectivity index (χ0) is 21.4. The number of allylic oxidation sites excluding steroid dienone is 2. The summed E-state index contributed by atoms with van der Waals surface area (Å²) < 4.78 is 0. The SMILES string of the molecule is CC1=CC[C@H]2C(=O)N(c3ccc(C(=O)Nc4cccc(C(=O)O)c4)cc3)C(=O)[C@H]2C1. The van der Waals surface area contributed by atoms with Crippen LogP contribution in [0.3, 0.4) is 0 Å². The van der Waals surface area contributed by atoms with E-state index >= 15 is 0 Å². The maximum absolute atomic E-state index is 12.8. The molecule has 7 nitrogen and oxygen atoms in total. The molecule has 7 heteroatoms. The van der Waals surface area contributed by atoms with Gasteiger partial charge in [-0.25, -0.2) is 4.79 Å². The average molecular weight is 404 g/mol. The summed E-state index contributed by atoms with van der Waals surface area (Å²) in [6.07, 6.45) is 3.19. The Morgan fingerprint density at radius 1 is 1.00 bits per heavy atom. The number of hydrogen-bond donors (Lipinski definition) is 2. The maximum Gasteiger partial charge on any atom is 0.335 e. The number of rotatable bonds is 4. The molecule has 1 heterocycles. The molecule has 2 aromatic rings. The van der Waals surface area contributed by atoms with Crippen molar-refractivity contribution in [3.8, 4) is 0 Å². The molecule has 0 saturated carbocycles. The molecular weight excluding hydrogens is 384 g/mol. The molecule has 30 heavy (non-hydrogen) atoms. The summed E-state index contributed by atoms with van der Waals surface area (Å²) >= 11 is 0. The van der Waals surface area contributed by atoms with E-state index in [1.807, 2.05) is 13.0 Å². The third kappa shape index (κ3) is 3.50. The summed E-state index contributed by atoms with van der Waals surface area (Å²) in [5, 5.41) is 11.7. The molecule has 2 aromatic carbocycles. The van der Waals surface area contributed by atoms with Gasteiger partial charge >= 0.3 is 5.97 Å². The van der Waals surface area contributed by atoms with Crippen molar-refractivity contribution in [3.63, 3.8) is 0 Å². The number of benzene rings is 2. The number of carbonyl (C=O) groups is 4. The summed E-state index contributed by atoms with van der Waals surface area (Å²) in [5.74, 6) is -2.52. The number of fused-ring (bicyclic) bond motifs is 1. The van der Waals surface area contributed by atoms with Gasteiger partial charge in [0.1, 0.15) is 0 Å². The van der Waals surface area contributed by atoms with Crippen LogP contribution in [0.4, 0.5) is 11.4 Å². The lowest BCUT2D eigenvalue weighted by Crippen LogP contribution is -2.30. The Labute approximate surface area is 173 Å². The first-order valence-corrected chi connectivity index (χ1v) is 9.63. The lowest BCUT2D eigenvalue weighted by molar-refractivity contribution is -0.122. The minimum absolute atomic E-state index is 0.0698. The number of hydrogen-bond acceptors (Lipinski definition) is 4. The van der Waals surface area contributed by atoms with E-state index in [4.69, 9.17) is 5.11 Å². The molecule has 3 amide bonds. The van der Waals surface area contributed by atoms with Gasteiger partial charge in [0.25, 0.3) is 5.91 Å². The highest BCUT2D eigenvalue weighted by Gasteiger charge is 2.48. The number of nitrogens with zero attached hydrogens (tertiary/aromatic N) is 1. The van der Waals surface area contributed by atoms with Crippen molar-refractivity contribution in [2.45, 2.75) is 19.8 Å². The zero-order valence-electron chi connectivity index (χ0n) is 16.3. The molecule has 152 valence electrons. The van der Waals surface area contributed by atoms with Crippen molar-refractivity contribution in [2.24, 2.45) is 11.8 Å². The number of anilines is 2. The topological polar surface area (TPSA) is 104 Å². The maximum atomic E-state index is 12.8. The number of amides is 3. The highest BCUT2D eigenvalue weighted by molar-refractivity contribution is 6.22. The third-order valence-electron chi connectivity index (χ3n) is 5.58. The first-order chi connectivity index (χ1) is 14.3. The van der Waals surface area contributed by atoms with E-state index in [9.17, 15) is 19.2 Å². The zero-order valence-corrected chi connectivity index (χ0v) is 16.3. The largest absolute Gasteiger partial charge is 0.478 e. The molecule has 2 atom stereocenters. The van der Waals surface area contributed by atoms with E-state index in [0.29, 0.717) is 29.8 Å². The number of carboxylic acid groups (broad SMARTS) is 1. The minimum Gasteiger partial charge on any atom is -0.478 e. The van der Waals surface area contributed by atoms with Gasteiger partial charge < -0.3 is 10.4 Å². The highest BCUT2D eigenvalue weighted by Crippen LogP contribution is 2.39. The normalized spacial score (nSPS) is 20.6. The highest BCUT2D eigenvalue weighted by atomic mass is 16.4. The smallest absolute Gasteiger partial charge is 0.335 e. The molecule has 1 aliphatic carbocycles. The molecule has 0 unspecified atom stereocenters. The summed E-state index contributed by atoms with van der Waals surface area (Å²) in [6, 6.07) is 12.2. The van der Waals surface area contributed by atoms with Crippen LogP contribution >= 0.6 is 0 Å². The van der Waals surface area contributed by atoms with Crippen LogP contribution < -0.4 is 10.2 Å². The van der Waals surface area contributed by atoms with E-state index in [2.05, 4.69) is 5.32 Å². The second-order valence-electron chi connectivity index (χ2n) is 7.60. The van der Waals surface area contributed by atoms with Crippen LogP contribution in [-0.2, 0) is 9.59 Å². The van der Waals surface area contributed by atoms with Gasteiger partial charge in [0.15, 0.2) is 0 Å². The fourth-order valence-corrected chi connectivity index (χ4v) is 3.99. The first-order valence-electron chi connectivity index (χ1n) is 9.63. The van der Waals surface area contributed by atoms with Crippen LogP contribution in [0.1, 0.15) is 40.5 Å². The van der Waals surface area contributed by atoms with Gasteiger partial charge in [-0.1, -0.05) is 17.7 Å². The Morgan fingerprint density at radius 2 is 1.70 bits per heavy atom. The molecule has 1 aliphatic heterocycles. The number of imide groups is 1. The van der Waals surface area contributed by atoms with Crippen molar-refractivity contribution < 1.29 is 24.3 Å². The Bertz CT molecular complexity index is 1090. The molecule has 0 bridgehead atoms. The average Bonchev–Trinajstić information content (AvgIpc) is 2.98. The van der Waals surface area contributed by atoms with Crippen LogP contribution in [0.2, 0.25) is 0 Å². The molecule has 0 spiro atoms. The Balaban J connectivity index is 1.50. The van der Waals surface area contributed by atoms with Gasteiger partial charge in [-0.3, -0.25) is 19.3 Å². The summed E-state index contributed by atoms with van der Waals surface area (Å²) in [4.78, 5) is 50.3. The molecule has 2 N–H and O–H groups in total. The van der Waals surface area contributed by atoms with Gasteiger partial charge in [0.05, 0.1) is 23.1 Å². The quantitative estimate of drug-likeness (QED) is 0.600. The summed E-state index contributed by atoms with van der Waals surface area (Å²) in [6.45, 7) is 1.97. The predicted octanol–water partition coefficient (Wildman–Crippen LogP) is 3.48. The van der Waals surface area contributed by atoms with Crippen LogP contribution in [0, 0.1) is 11.8 Å². The monoisotopic (exact) mass is 404 g/mol. The molecule has 2 aliphatic rings. The van der Waals surface area contributed by atoms with Crippen LogP contribution in [-0.4, -0.2) is 28.8 Å². The van der Waals surface area contributed by atoms with E-state index < -0.39 is 11.9 Å². The predicted molar refractivity (Wildman–Crippen MR) is 110 cm³/mol. The van der Waals surface area contributed by atoms with E-state index in [-0.39, 0.29) is 29.2 Å². The first kappa shape index (κ1) is 19.6. The van der Waals surface area contributed by atoms with Crippen molar-refractivity contribution in [2.75, 3.05) is 10.2 Å². The third-order valence-corrected chi connectivity index (χ3v) is 5.58. The Hall–Kier alpha value is -3.74. The van der Waals surface area contributed by atoms with Gasteiger partial charge in [-0.15, -0.1) is 0 Å². The Kier molecular flexibility index (Phi) is 4.95. The lowest BCUT2D eigenvalue weighted by Gasteiger charge is -2.18. The van der Waals surface area contributed by atoms with Crippen molar-refractivity contribution >= 4 is 35.1 Å². The number of aromatic carboxylic acids is 1. The van der Waals surface area contributed by atoms with E-state index in [0.717, 1.165) is 5.57 Å². The number of carboxylic acids is 1. The van der Waals surface area contributed by atoms with Crippen molar-refractivity contribution in [1.29, 1.82) is 0 Å². The standard InChI is InChI=1S/C23H20N2O5/c1-13-5-10-18-19(11-13)22(28)25(21(18)27)17-8-6-14(7-9-17)20(26)24-16-4-2-3-15(12-16)23(29)30/h2-9,12,18-19H,10-11H2,1H3,(H,24,26)(H,29,30)/t18-,19+/m1/s1. The molecule has 4 rings (SSSR count). The van der Waals surface area contributed by atoms with Crippen molar-refractivity contribution in [1.82, 2.24) is 0 Å². The van der Waals surface area contributed by atoms with Gasteiger partial charge in [0, 0.05) is 11.3 Å². The molecule has 1 saturated heterocycles. The number of nitrogens with one attached hydrogen (secondary N) is 1. The fraction of sp³-hybridized carbons (Fsp3) is 0.217. The van der Waals surface area contributed by atoms with Gasteiger partial charge in [-0.2, -0.15) is 0 Å². The second kappa shape index (κ2) is 7.59. The van der Waals surface area contributed by atoms with Gasteiger partial charge in [0.2, 0.25) is 11.8 Å². The molecular formula is C23H20N2O5. The van der Waals surface area contributed by atoms with Crippen LogP contribution in [0.25, 0.3) is 0 Å². The molecule has 0 aromatic heterocycles. The van der Waals surface area contributed by atoms with E-state index in [1.54, 1.807) is 24.3 Å². The second-order valence-corrected chi connectivity index (χ2v) is 7.60. The van der Waals surface area contributed by atoms with Gasteiger partial charge in [-0.05, 0) is 62.2 Å². The van der Waals surface area contributed by atoms with Crippen LogP contribution in [0.15, 0.2) is 60.2 Å². The van der Waals surface area contributed by atoms with E-state index in [1.165, 1.54) is 29.2 Å². The minimum atomic E-state index is -1.08. The molecule has 1 fully saturated rings. The molecule has 0 radical (unpaired) electrons. The van der Waals surface area contributed by atoms with Crippen LogP contribution in [0.5, 0.6) is 0 Å². The number of carbonyl (C=O) groups excluding carboxylic acids is 3. The summed E-state index contributed by atoms with van der Waals surface area (Å²) in [5.41, 5.74) is 2.33.